The van der Waals surface area contributed by atoms with E-state index in [0.29, 0.717) is 16.8 Å². The molecule has 5 rings (SSSR count). The minimum Gasteiger partial charge on any atom is -0.512 e. The van der Waals surface area contributed by atoms with E-state index in [9.17, 15) is 23.1 Å². The van der Waals surface area contributed by atoms with Crippen LogP contribution < -0.4 is 4.40 Å². The number of nitrogens with zero attached hydrogens (tertiary/aromatic N) is 1. The Morgan fingerprint density at radius 3 is 1.79 bits per heavy atom. The summed E-state index contributed by atoms with van der Waals surface area (Å²) in [5.74, 6) is 7.60. The molecule has 0 spiro atoms. The number of pyridine rings is 1. The van der Waals surface area contributed by atoms with Gasteiger partial charge in [0.05, 0.1) is 5.76 Å². The first-order valence-corrected chi connectivity index (χ1v) is 26.8. The molecule has 1 heterocycles. The maximum atomic E-state index is 14.1. The standard InChI is InChI=1S/C35H33F3GeN.C13H24O2.Ir/c1-34(2,3)31-20-27(19-26-9-7-8-10-29(26)31)33-21-30(32(22-40-33)35(36,37)38)25-13-11-23(12-14-25)24-15-17-28(18-16-24)39(4,5)6;1-5-10(6-2)12(14)9-13(15)11(7-3)8-4;/h7-18,20-22H,1-6H3;9-11,14H,5-8H2,1-4H3;/q-1;;/b;12-9-;. The molecule has 0 fully saturated rings. The SMILES string of the molecule is CC(C)(C)c1cc(-c2cc(-c3ccc(-c4cc[c]([Ge]([CH3])([CH3])[CH3])cc4)cc3)c(C(F)(F)F)cn2)[c-]c2ccccc12.CCC(CC)C(=O)/C=C(\O)C(CC)CC.[Ir]. The number of ketones is 1. The van der Waals surface area contributed by atoms with Gasteiger partial charge in [-0.15, -0.1) is 29.1 Å². The van der Waals surface area contributed by atoms with Crippen LogP contribution in [0.1, 0.15) is 85.3 Å². The minimum atomic E-state index is -4.53. The van der Waals surface area contributed by atoms with Crippen molar-refractivity contribution >= 4 is 34.2 Å². The predicted octanol–water partition coefficient (Wildman–Crippen LogP) is 13.8. The molecule has 1 N–H and O–H groups in total. The first kappa shape index (κ1) is 46.9. The number of aromatic nitrogens is 1. The van der Waals surface area contributed by atoms with E-state index in [1.54, 1.807) is 18.2 Å². The van der Waals surface area contributed by atoms with Gasteiger partial charge in [0.15, 0.2) is 5.78 Å². The van der Waals surface area contributed by atoms with Crippen molar-refractivity contribution in [1.29, 1.82) is 0 Å². The fourth-order valence-electron chi connectivity index (χ4n) is 6.84. The smallest absolute Gasteiger partial charge is 0.512 e. The van der Waals surface area contributed by atoms with Gasteiger partial charge in [-0.05, 0) is 31.1 Å². The molecule has 0 atom stereocenters. The van der Waals surface area contributed by atoms with Crippen LogP contribution in [0.5, 0.6) is 0 Å². The first-order chi connectivity index (χ1) is 25.8. The van der Waals surface area contributed by atoms with Gasteiger partial charge >= 0.3 is 159 Å². The van der Waals surface area contributed by atoms with Crippen LogP contribution in [0, 0.1) is 17.9 Å². The number of hydrogen-bond donors (Lipinski definition) is 1. The summed E-state index contributed by atoms with van der Waals surface area (Å²) in [6.45, 7) is 14.5. The zero-order chi connectivity index (χ0) is 40.7. The topological polar surface area (TPSA) is 50.2 Å². The third-order valence-electron chi connectivity index (χ3n) is 10.4. The number of aliphatic hydroxyl groups excluding tert-OH is 1. The van der Waals surface area contributed by atoms with E-state index in [0.717, 1.165) is 59.3 Å². The number of carbonyl (C=O) groups excluding carboxylic acids is 1. The van der Waals surface area contributed by atoms with E-state index >= 15 is 0 Å². The summed E-state index contributed by atoms with van der Waals surface area (Å²) in [4.78, 5) is 16.0. The summed E-state index contributed by atoms with van der Waals surface area (Å²) in [5, 5.41) is 11.8. The molecule has 4 aromatic carbocycles. The van der Waals surface area contributed by atoms with Crippen molar-refractivity contribution in [2.24, 2.45) is 11.8 Å². The van der Waals surface area contributed by atoms with Crippen LogP contribution in [-0.4, -0.2) is 29.1 Å². The Kier molecular flexibility index (Phi) is 16.5. The van der Waals surface area contributed by atoms with E-state index in [1.807, 2.05) is 64.1 Å². The molecule has 0 aliphatic carbocycles. The number of benzene rings is 4. The van der Waals surface area contributed by atoms with Crippen LogP contribution in [0.2, 0.25) is 17.3 Å². The molecule has 301 valence electrons. The van der Waals surface area contributed by atoms with Gasteiger partial charge in [-0.3, -0.25) is 4.79 Å². The van der Waals surface area contributed by atoms with Gasteiger partial charge in [0.25, 0.3) is 0 Å². The van der Waals surface area contributed by atoms with Gasteiger partial charge in [0.1, 0.15) is 0 Å². The summed E-state index contributed by atoms with van der Waals surface area (Å²) in [6, 6.07) is 30.8. The fraction of sp³-hybridized carbons (Fsp3) is 0.375. The fourth-order valence-corrected chi connectivity index (χ4v) is 9.29. The molecule has 0 unspecified atom stereocenters. The summed E-state index contributed by atoms with van der Waals surface area (Å²) in [7, 11) is 0. The molecule has 56 heavy (non-hydrogen) atoms. The Balaban J connectivity index is 0.000000448. The van der Waals surface area contributed by atoms with Crippen LogP contribution in [0.4, 0.5) is 13.2 Å². The second-order valence-electron chi connectivity index (χ2n) is 16.4. The number of carbonyl (C=O) groups is 1. The van der Waals surface area contributed by atoms with Crippen LogP contribution in [0.3, 0.4) is 0 Å². The summed E-state index contributed by atoms with van der Waals surface area (Å²) in [6.07, 6.45) is 1.33. The Morgan fingerprint density at radius 2 is 1.29 bits per heavy atom. The number of halogens is 3. The zero-order valence-corrected chi connectivity index (χ0v) is 39.0. The monoisotopic (exact) mass is 1000 g/mol. The normalized spacial score (nSPS) is 12.4. The second kappa shape index (κ2) is 19.8. The Hall–Kier alpha value is -3.52. The molecule has 0 amide bonds. The third kappa shape index (κ3) is 11.8. The molecule has 8 heteroatoms. The number of hydrogen-bond acceptors (Lipinski definition) is 3. The van der Waals surface area contributed by atoms with Gasteiger partial charge in [-0.25, -0.2) is 0 Å². The molecule has 0 bridgehead atoms. The van der Waals surface area contributed by atoms with Crippen molar-refractivity contribution in [1.82, 2.24) is 4.98 Å². The molecule has 0 saturated carbocycles. The molecular formula is C48H57F3GeIrNO2-. The molecule has 0 aliphatic rings. The van der Waals surface area contributed by atoms with Crippen molar-refractivity contribution in [3.05, 3.63) is 120 Å². The third-order valence-corrected chi connectivity index (χ3v) is 14.8. The average Bonchev–Trinajstić information content (AvgIpc) is 3.14. The molecular weight excluding hydrogens is 944 g/mol. The summed E-state index contributed by atoms with van der Waals surface area (Å²) < 4.78 is 43.8. The quantitative estimate of drug-likeness (QED) is 0.0621. The average molecular weight is 1000 g/mol. The van der Waals surface area contributed by atoms with E-state index in [1.165, 1.54) is 10.5 Å². The Bertz CT molecular complexity index is 2090. The summed E-state index contributed by atoms with van der Waals surface area (Å²) >= 11 is -1.92. The zero-order valence-electron chi connectivity index (χ0n) is 34.5. The minimum absolute atomic E-state index is 0. The number of rotatable bonds is 11. The molecule has 5 aromatic rings. The number of allylic oxidation sites excluding steroid dienone is 2. The van der Waals surface area contributed by atoms with Crippen molar-refractivity contribution < 1.29 is 43.2 Å². The molecule has 1 aromatic heterocycles. The van der Waals surface area contributed by atoms with E-state index in [4.69, 9.17) is 0 Å². The first-order valence-electron chi connectivity index (χ1n) is 19.5. The van der Waals surface area contributed by atoms with Crippen LogP contribution in [0.15, 0.2) is 103 Å². The van der Waals surface area contributed by atoms with Crippen LogP contribution in [-0.2, 0) is 36.5 Å². The molecule has 0 saturated heterocycles. The van der Waals surface area contributed by atoms with Crippen molar-refractivity contribution in [3.8, 4) is 33.5 Å². The molecule has 3 nitrogen and oxygen atoms in total. The van der Waals surface area contributed by atoms with Gasteiger partial charge in [0, 0.05) is 38.0 Å². The number of aliphatic hydroxyl groups is 1. The van der Waals surface area contributed by atoms with E-state index in [2.05, 4.69) is 79.4 Å². The summed E-state index contributed by atoms with van der Waals surface area (Å²) in [5.41, 5.74) is 3.96. The number of fused-ring (bicyclic) bond motifs is 1. The second-order valence-corrected chi connectivity index (χ2v) is 27.1. The van der Waals surface area contributed by atoms with Gasteiger partial charge in [0.2, 0.25) is 0 Å². The van der Waals surface area contributed by atoms with E-state index < -0.39 is 25.0 Å². The van der Waals surface area contributed by atoms with Crippen LogP contribution >= 0.6 is 0 Å². The van der Waals surface area contributed by atoms with Gasteiger partial charge in [-0.1, -0.05) is 72.1 Å². The molecule has 1 radical (unpaired) electrons. The van der Waals surface area contributed by atoms with Gasteiger partial charge < -0.3 is 5.11 Å². The van der Waals surface area contributed by atoms with Gasteiger partial charge in [-0.2, -0.15) is 0 Å². The molecule has 0 aliphatic heterocycles. The van der Waals surface area contributed by atoms with E-state index in [-0.39, 0.29) is 54.5 Å². The Labute approximate surface area is 349 Å². The van der Waals surface area contributed by atoms with Crippen molar-refractivity contribution in [3.63, 3.8) is 0 Å². The van der Waals surface area contributed by atoms with Crippen molar-refractivity contribution in [2.45, 2.75) is 103 Å². The predicted molar refractivity (Wildman–Crippen MR) is 227 cm³/mol. The number of alkyl halides is 3. The van der Waals surface area contributed by atoms with Crippen molar-refractivity contribution in [2.75, 3.05) is 0 Å². The van der Waals surface area contributed by atoms with Crippen LogP contribution in [0.25, 0.3) is 44.3 Å². The maximum absolute atomic E-state index is 14.1. The Morgan fingerprint density at radius 1 is 0.768 bits per heavy atom.